The number of benzene rings is 2. The van der Waals surface area contributed by atoms with Crippen molar-refractivity contribution in [3.63, 3.8) is 0 Å². The Kier molecular flexibility index (Phi) is 5.57. The summed E-state index contributed by atoms with van der Waals surface area (Å²) in [4.78, 5) is 11.6. The molecule has 0 unspecified atom stereocenters. The molecule has 0 spiro atoms. The molecule has 0 aliphatic carbocycles. The number of hydrogen-bond donors (Lipinski definition) is 1. The van der Waals surface area contributed by atoms with Crippen LogP contribution in [0.15, 0.2) is 53.6 Å². The van der Waals surface area contributed by atoms with Crippen LogP contribution < -0.4 is 10.2 Å². The van der Waals surface area contributed by atoms with Gasteiger partial charge in [0.1, 0.15) is 5.75 Å². The molecule has 0 aliphatic heterocycles. The maximum atomic E-state index is 12.6. The van der Waals surface area contributed by atoms with Crippen molar-refractivity contribution >= 4 is 12.1 Å². The predicted octanol–water partition coefficient (Wildman–Crippen LogP) is 3.54. The van der Waals surface area contributed by atoms with Gasteiger partial charge in [0.15, 0.2) is 6.61 Å². The van der Waals surface area contributed by atoms with E-state index in [2.05, 4.69) is 10.5 Å². The molecule has 24 heavy (non-hydrogen) atoms. The second-order valence-corrected chi connectivity index (χ2v) is 4.97. The Bertz CT molecular complexity index is 743. The number of nitrogens with one attached hydrogen (secondary N) is 1. The molecule has 0 heterocycles. The average molecular weight is 336 g/mol. The van der Waals surface area contributed by atoms with Crippen molar-refractivity contribution in [2.24, 2.45) is 5.10 Å². The quantitative estimate of drug-likeness (QED) is 0.671. The van der Waals surface area contributed by atoms with Gasteiger partial charge in [-0.15, -0.1) is 0 Å². The first-order chi connectivity index (χ1) is 11.4. The standard InChI is InChI=1S/C17H15F3N2O2/c1-12-5-2-3-8-15(12)24-11-16(23)22-21-10-13-6-4-7-14(9-13)17(18,19)20/h2-10H,11H2,1H3,(H,22,23)/b21-10-. The van der Waals surface area contributed by atoms with Crippen molar-refractivity contribution < 1.29 is 22.7 Å². The molecule has 2 rings (SSSR count). The predicted molar refractivity (Wildman–Crippen MR) is 83.9 cm³/mol. The molecule has 0 saturated heterocycles. The smallest absolute Gasteiger partial charge is 0.416 e. The second kappa shape index (κ2) is 7.63. The average Bonchev–Trinajstić information content (AvgIpc) is 2.54. The van der Waals surface area contributed by atoms with Gasteiger partial charge in [0, 0.05) is 0 Å². The first-order valence-electron chi connectivity index (χ1n) is 7.04. The molecule has 0 aromatic heterocycles. The first kappa shape index (κ1) is 17.5. The number of carbonyl (C=O) groups is 1. The number of halogens is 3. The van der Waals surface area contributed by atoms with Gasteiger partial charge in [-0.1, -0.05) is 30.3 Å². The molecule has 0 bridgehead atoms. The van der Waals surface area contributed by atoms with E-state index in [9.17, 15) is 18.0 Å². The lowest BCUT2D eigenvalue weighted by Gasteiger charge is -2.07. The molecular weight excluding hydrogens is 321 g/mol. The third-order valence-corrected chi connectivity index (χ3v) is 3.07. The number of para-hydroxylation sites is 1. The van der Waals surface area contributed by atoms with E-state index in [0.29, 0.717) is 5.75 Å². The van der Waals surface area contributed by atoms with Crippen LogP contribution in [0.25, 0.3) is 0 Å². The van der Waals surface area contributed by atoms with Crippen LogP contribution in [0.2, 0.25) is 0 Å². The van der Waals surface area contributed by atoms with E-state index in [0.717, 1.165) is 23.9 Å². The highest BCUT2D eigenvalue weighted by atomic mass is 19.4. The summed E-state index contributed by atoms with van der Waals surface area (Å²) in [6.07, 6.45) is -3.28. The van der Waals surface area contributed by atoms with Crippen molar-refractivity contribution in [1.82, 2.24) is 5.43 Å². The van der Waals surface area contributed by atoms with Crippen molar-refractivity contribution in [2.75, 3.05) is 6.61 Å². The lowest BCUT2D eigenvalue weighted by atomic mass is 10.1. The third-order valence-electron chi connectivity index (χ3n) is 3.07. The molecule has 1 N–H and O–H groups in total. The Morgan fingerprint density at radius 1 is 1.21 bits per heavy atom. The van der Waals surface area contributed by atoms with Gasteiger partial charge in [-0.3, -0.25) is 4.79 Å². The number of amides is 1. The highest BCUT2D eigenvalue weighted by Gasteiger charge is 2.30. The number of aryl methyl sites for hydroxylation is 1. The third kappa shape index (κ3) is 5.12. The molecule has 2 aromatic rings. The molecule has 0 saturated carbocycles. The summed E-state index contributed by atoms with van der Waals surface area (Å²) >= 11 is 0. The van der Waals surface area contributed by atoms with Crippen molar-refractivity contribution in [3.8, 4) is 5.75 Å². The largest absolute Gasteiger partial charge is 0.483 e. The van der Waals surface area contributed by atoms with Crippen LogP contribution in [0.5, 0.6) is 5.75 Å². The maximum Gasteiger partial charge on any atom is 0.416 e. The fourth-order valence-electron chi connectivity index (χ4n) is 1.87. The minimum absolute atomic E-state index is 0.227. The fourth-order valence-corrected chi connectivity index (χ4v) is 1.87. The summed E-state index contributed by atoms with van der Waals surface area (Å²) in [5.41, 5.74) is 2.54. The van der Waals surface area contributed by atoms with Crippen LogP contribution in [-0.2, 0) is 11.0 Å². The number of hydrazone groups is 1. The monoisotopic (exact) mass is 336 g/mol. The molecule has 0 radical (unpaired) electrons. The van der Waals surface area contributed by atoms with Crippen LogP contribution in [0.3, 0.4) is 0 Å². The lowest BCUT2D eigenvalue weighted by Crippen LogP contribution is -2.24. The highest BCUT2D eigenvalue weighted by Crippen LogP contribution is 2.29. The lowest BCUT2D eigenvalue weighted by molar-refractivity contribution is -0.137. The van der Waals surface area contributed by atoms with E-state index in [4.69, 9.17) is 4.74 Å². The minimum Gasteiger partial charge on any atom is -0.483 e. The Morgan fingerprint density at radius 3 is 2.67 bits per heavy atom. The number of carbonyl (C=O) groups excluding carboxylic acids is 1. The van der Waals surface area contributed by atoms with E-state index < -0.39 is 17.6 Å². The van der Waals surface area contributed by atoms with Crippen molar-refractivity contribution in [1.29, 1.82) is 0 Å². The number of hydrogen-bond acceptors (Lipinski definition) is 3. The van der Waals surface area contributed by atoms with E-state index in [1.165, 1.54) is 12.1 Å². The zero-order chi connectivity index (χ0) is 17.6. The summed E-state index contributed by atoms with van der Waals surface area (Å²) < 4.78 is 43.1. The van der Waals surface area contributed by atoms with Crippen LogP contribution in [0.4, 0.5) is 13.2 Å². The minimum atomic E-state index is -4.42. The van der Waals surface area contributed by atoms with Crippen LogP contribution in [0, 0.1) is 6.92 Å². The molecule has 0 aliphatic rings. The number of nitrogens with zero attached hydrogens (tertiary/aromatic N) is 1. The molecule has 126 valence electrons. The Labute approximate surface area is 137 Å². The van der Waals surface area contributed by atoms with Crippen LogP contribution >= 0.6 is 0 Å². The summed E-state index contributed by atoms with van der Waals surface area (Å²) in [6.45, 7) is 1.60. The summed E-state index contributed by atoms with van der Waals surface area (Å²) in [5, 5.41) is 3.63. The molecule has 2 aromatic carbocycles. The van der Waals surface area contributed by atoms with Gasteiger partial charge in [-0.2, -0.15) is 18.3 Å². The topological polar surface area (TPSA) is 50.7 Å². The van der Waals surface area contributed by atoms with E-state index >= 15 is 0 Å². The van der Waals surface area contributed by atoms with Crippen LogP contribution in [0.1, 0.15) is 16.7 Å². The van der Waals surface area contributed by atoms with E-state index in [1.807, 2.05) is 19.1 Å². The van der Waals surface area contributed by atoms with Gasteiger partial charge in [0.25, 0.3) is 5.91 Å². The summed E-state index contributed by atoms with van der Waals surface area (Å²) in [5.74, 6) is 0.0657. The normalized spacial score (nSPS) is 11.5. The highest BCUT2D eigenvalue weighted by molar-refractivity contribution is 5.83. The van der Waals surface area contributed by atoms with Gasteiger partial charge in [0.2, 0.25) is 0 Å². The van der Waals surface area contributed by atoms with E-state index in [-0.39, 0.29) is 12.2 Å². The fraction of sp³-hybridized carbons (Fsp3) is 0.176. The molecular formula is C17H15F3N2O2. The van der Waals surface area contributed by atoms with Crippen molar-refractivity contribution in [3.05, 3.63) is 65.2 Å². The Morgan fingerprint density at radius 2 is 1.96 bits per heavy atom. The van der Waals surface area contributed by atoms with Crippen LogP contribution in [-0.4, -0.2) is 18.7 Å². The summed E-state index contributed by atoms with van der Waals surface area (Å²) in [7, 11) is 0. The SMILES string of the molecule is Cc1ccccc1OCC(=O)N/N=C\c1cccc(C(F)(F)F)c1. The van der Waals surface area contributed by atoms with Crippen molar-refractivity contribution in [2.45, 2.75) is 13.1 Å². The molecule has 7 heteroatoms. The molecule has 0 atom stereocenters. The van der Waals surface area contributed by atoms with E-state index in [1.54, 1.807) is 12.1 Å². The molecule has 0 fully saturated rings. The van der Waals surface area contributed by atoms with Gasteiger partial charge in [0.05, 0.1) is 11.8 Å². The number of ether oxygens (including phenoxy) is 1. The zero-order valence-electron chi connectivity index (χ0n) is 12.8. The summed E-state index contributed by atoms with van der Waals surface area (Å²) in [6, 6.07) is 11.8. The number of rotatable bonds is 5. The Hall–Kier alpha value is -2.83. The number of alkyl halides is 3. The zero-order valence-corrected chi connectivity index (χ0v) is 12.8. The van der Waals surface area contributed by atoms with Gasteiger partial charge >= 0.3 is 6.18 Å². The second-order valence-electron chi connectivity index (χ2n) is 4.97. The van der Waals surface area contributed by atoms with Gasteiger partial charge in [-0.05, 0) is 36.2 Å². The Balaban J connectivity index is 1.88. The maximum absolute atomic E-state index is 12.6. The van der Waals surface area contributed by atoms with Gasteiger partial charge < -0.3 is 4.74 Å². The molecule has 1 amide bonds. The molecule has 4 nitrogen and oxygen atoms in total. The van der Waals surface area contributed by atoms with Gasteiger partial charge in [-0.25, -0.2) is 5.43 Å². The first-order valence-corrected chi connectivity index (χ1v) is 7.04.